The molecule has 6 aromatic rings. The van der Waals surface area contributed by atoms with E-state index < -0.39 is 60.1 Å². The minimum atomic E-state index is -4.56. The van der Waals surface area contributed by atoms with Gasteiger partial charge >= 0.3 is 23.8 Å². The van der Waals surface area contributed by atoms with Crippen LogP contribution in [0.1, 0.15) is 0 Å². The molecule has 0 saturated carbocycles. The molecule has 0 spiro atoms. The highest BCUT2D eigenvalue weighted by Crippen LogP contribution is 2.24. The third kappa shape index (κ3) is 24.1. The van der Waals surface area contributed by atoms with Crippen molar-refractivity contribution >= 4 is 85.9 Å². The van der Waals surface area contributed by atoms with Gasteiger partial charge in [-0.2, -0.15) is 0 Å². The summed E-state index contributed by atoms with van der Waals surface area (Å²) in [4.78, 5) is -1.64. The zero-order valence-electron chi connectivity index (χ0n) is 33.2. The van der Waals surface area contributed by atoms with Crippen LogP contribution in [0.3, 0.4) is 0 Å². The Morgan fingerprint density at radius 1 is 0.312 bits per heavy atom. The zero-order valence-corrected chi connectivity index (χ0v) is 36.4. The number of hydrogen-bond acceptors (Lipinski definition) is 12. The summed E-state index contributed by atoms with van der Waals surface area (Å²) in [7, 11) is -18.3. The summed E-state index contributed by atoms with van der Waals surface area (Å²) in [5, 5.41) is 19.8. The summed E-state index contributed by atoms with van der Waals surface area (Å²) in [6.45, 7) is 0. The Morgan fingerprint density at radius 2 is 0.469 bits per heavy atom. The first kappa shape index (κ1) is 56.6. The van der Waals surface area contributed by atoms with Gasteiger partial charge < -0.3 is 18.2 Å². The van der Waals surface area contributed by atoms with E-state index in [0.717, 1.165) is 48.5 Å². The molecule has 24 N–H and O–H groups in total. The van der Waals surface area contributed by atoms with Crippen LogP contribution in [0.15, 0.2) is 153 Å². The molecule has 24 nitrogen and oxygen atoms in total. The number of fused-ring (bicyclic) bond motifs is 2. The summed E-state index contributed by atoms with van der Waals surface area (Å²) >= 11 is 0. The van der Waals surface area contributed by atoms with Gasteiger partial charge in [-0.3, -0.25) is 67.5 Å². The van der Waals surface area contributed by atoms with E-state index >= 15 is 0 Å². The fourth-order valence-corrected chi connectivity index (χ4v) is 6.31. The van der Waals surface area contributed by atoms with E-state index in [9.17, 15) is 51.9 Å². The van der Waals surface area contributed by atoms with E-state index in [1.807, 2.05) is 12.1 Å². The molecule has 0 heterocycles. The topological polar surface area (TPSA) is 539 Å². The monoisotopic (exact) mass is 966 g/mol. The van der Waals surface area contributed by atoms with E-state index in [1.54, 1.807) is 0 Å². The van der Waals surface area contributed by atoms with Crippen LogP contribution < -0.4 is 67.5 Å². The lowest BCUT2D eigenvalue weighted by Gasteiger charge is -2.10. The van der Waals surface area contributed by atoms with Crippen molar-refractivity contribution in [1.29, 1.82) is 0 Å². The largest absolute Gasteiger partial charge is 0.744 e. The van der Waals surface area contributed by atoms with Gasteiger partial charge in [-0.15, -0.1) is 0 Å². The van der Waals surface area contributed by atoms with Gasteiger partial charge in [0.25, 0.3) is 0 Å². The van der Waals surface area contributed by atoms with E-state index in [2.05, 4.69) is 116 Å². The molecule has 6 aromatic carbocycles. The molecule has 0 saturated heterocycles. The molecule has 0 unspecified atom stereocenters. The van der Waals surface area contributed by atoms with E-state index in [-0.39, 0.29) is 23.8 Å². The van der Waals surface area contributed by atoms with Gasteiger partial charge in [-0.05, 0) is 81.2 Å². The van der Waals surface area contributed by atoms with Crippen molar-refractivity contribution in [2.75, 3.05) is 0 Å². The van der Waals surface area contributed by atoms with Crippen LogP contribution in [-0.4, -0.2) is 75.7 Å². The molecule has 0 fully saturated rings. The molecule has 0 aliphatic heterocycles. The van der Waals surface area contributed by atoms with Crippen LogP contribution in [0.5, 0.6) is 0 Å². The fourth-order valence-electron chi connectivity index (χ4n) is 4.29. The first-order chi connectivity index (χ1) is 29.2. The van der Waals surface area contributed by atoms with Crippen molar-refractivity contribution in [2.45, 2.75) is 19.6 Å². The predicted octanol–water partition coefficient (Wildman–Crippen LogP) is -7.27. The van der Waals surface area contributed by atoms with Crippen molar-refractivity contribution in [2.24, 2.45) is 45.9 Å². The summed E-state index contributed by atoms with van der Waals surface area (Å²) < 4.78 is 130. The van der Waals surface area contributed by atoms with Gasteiger partial charge in [0.1, 0.15) is 40.5 Å². The summed E-state index contributed by atoms with van der Waals surface area (Å²) in [5.74, 6) is -0.333. The number of guanidine groups is 4. The lowest BCUT2D eigenvalue weighted by atomic mass is 10.1. The summed E-state index contributed by atoms with van der Waals surface area (Å²) in [6, 6.07) is 34.6. The Kier molecular flexibility index (Phi) is 22.5. The highest BCUT2D eigenvalue weighted by molar-refractivity contribution is 7.86. The Bertz CT molecular complexity index is 2610. The molecular formula is C36H46N12O12S4. The summed E-state index contributed by atoms with van der Waals surface area (Å²) in [6.07, 6.45) is 0. The Balaban J connectivity index is 0.000000804. The molecule has 6 rings (SSSR count). The molecule has 346 valence electrons. The van der Waals surface area contributed by atoms with Crippen molar-refractivity contribution in [1.82, 2.24) is 0 Å². The molecule has 0 aliphatic carbocycles. The Labute approximate surface area is 367 Å². The lowest BCUT2D eigenvalue weighted by molar-refractivity contribution is -0.117. The van der Waals surface area contributed by atoms with Crippen molar-refractivity contribution in [3.8, 4) is 11.1 Å². The highest BCUT2D eigenvalue weighted by atomic mass is 32.2. The second kappa shape index (κ2) is 25.5. The third-order valence-corrected chi connectivity index (χ3v) is 9.93. The van der Waals surface area contributed by atoms with Gasteiger partial charge in [0, 0.05) is 0 Å². The van der Waals surface area contributed by atoms with Crippen molar-refractivity contribution in [3.05, 3.63) is 133 Å². The van der Waals surface area contributed by atoms with E-state index in [1.165, 1.54) is 35.4 Å². The highest BCUT2D eigenvalue weighted by Gasteiger charge is 2.07. The fraction of sp³-hybridized carbons (Fsp3) is 0. The molecule has 0 aromatic heterocycles. The molecule has 0 radical (unpaired) electrons. The van der Waals surface area contributed by atoms with Crippen LogP contribution >= 0.6 is 0 Å². The zero-order chi connectivity index (χ0) is 49.6. The molecule has 0 atom stereocenters. The second-order valence-corrected chi connectivity index (χ2v) is 17.4. The van der Waals surface area contributed by atoms with Gasteiger partial charge in [0.05, 0.1) is 19.6 Å². The first-order valence-corrected chi connectivity index (χ1v) is 22.4. The maximum atomic E-state index is 10.8. The maximum Gasteiger partial charge on any atom is 0.336 e. The van der Waals surface area contributed by atoms with Crippen LogP contribution in [0.2, 0.25) is 0 Å². The predicted molar refractivity (Wildman–Crippen MR) is 233 cm³/mol. The van der Waals surface area contributed by atoms with E-state index in [4.69, 9.17) is 0 Å². The SMILES string of the molecule is NC(N)=[NH2+].NC(N)=[NH2+].NC(N)=[NH2+].NC(N)=[NH2+].O=S(=O)([O-])c1ccc2cc(S(=O)(=O)[O-])ccc2c1.O=S(=O)([O-])c1ccc2cc(S(=O)(=O)[O-])ccc2c1.c1ccc(-c2ccccc2)cc1. The average molecular weight is 967 g/mol. The van der Waals surface area contributed by atoms with Gasteiger partial charge in [0.15, 0.2) is 0 Å². The van der Waals surface area contributed by atoms with Crippen LogP contribution in [0.4, 0.5) is 0 Å². The average Bonchev–Trinajstić information content (AvgIpc) is 3.16. The Hall–Kier alpha value is -7.44. The minimum absolute atomic E-state index is 0.0833. The van der Waals surface area contributed by atoms with Gasteiger partial charge in [-0.1, -0.05) is 84.9 Å². The smallest absolute Gasteiger partial charge is 0.336 e. The molecular weight excluding hydrogens is 921 g/mol. The number of nitrogens with two attached hydrogens (primary N) is 12. The first-order valence-electron chi connectivity index (χ1n) is 16.8. The Morgan fingerprint density at radius 3 is 0.609 bits per heavy atom. The van der Waals surface area contributed by atoms with Crippen LogP contribution in [0, 0.1) is 0 Å². The molecule has 64 heavy (non-hydrogen) atoms. The lowest BCUT2D eigenvalue weighted by Crippen LogP contribution is -2.51. The molecule has 28 heteroatoms. The third-order valence-electron chi connectivity index (χ3n) is 6.60. The number of benzene rings is 6. The van der Waals surface area contributed by atoms with Gasteiger partial charge in [0.2, 0.25) is 0 Å². The van der Waals surface area contributed by atoms with Crippen LogP contribution in [0.25, 0.3) is 32.7 Å². The molecule has 0 bridgehead atoms. The van der Waals surface area contributed by atoms with Crippen LogP contribution in [-0.2, 0) is 40.5 Å². The number of rotatable bonds is 5. The quantitative estimate of drug-likeness (QED) is 0.0434. The molecule has 0 amide bonds. The standard InChI is InChI=1S/C12H10.2C10H8O6S2.4CH5N3/c1-3-7-11(8-4-1)12-9-5-2-6-10-12;2*11-17(12,13)9-3-1-7-5-10(18(14,15)16)4-2-8(7)6-9;4*2-1(3)4/h1-10H;2*1-6H,(H,11,12,13)(H,14,15,16);4*(H5,2,3,4). The minimum Gasteiger partial charge on any atom is -0.744 e. The summed E-state index contributed by atoms with van der Waals surface area (Å²) in [5.41, 5.74) is 39.2. The maximum absolute atomic E-state index is 10.8. The number of hydrogen-bond donors (Lipinski definition) is 12. The van der Waals surface area contributed by atoms with Crippen molar-refractivity contribution < 1.29 is 73.5 Å². The second-order valence-electron chi connectivity index (χ2n) is 11.9. The van der Waals surface area contributed by atoms with Crippen molar-refractivity contribution in [3.63, 3.8) is 0 Å². The van der Waals surface area contributed by atoms with Gasteiger partial charge in [-0.25, -0.2) is 33.7 Å². The normalized spacial score (nSPS) is 10.5. The van der Waals surface area contributed by atoms with E-state index in [0.29, 0.717) is 21.5 Å². The molecule has 0 aliphatic rings.